The molecular weight excluding hydrogens is 490 g/mol. The van der Waals surface area contributed by atoms with Crippen LogP contribution in [0.1, 0.15) is 13.8 Å². The number of benzene rings is 2. The molecule has 11 heteroatoms. The molecule has 0 aliphatic carbocycles. The molecule has 1 saturated heterocycles. The van der Waals surface area contributed by atoms with E-state index in [1.807, 2.05) is 19.9 Å². The maximum Gasteiger partial charge on any atom is 0.244 e. The SMILES string of the molecule is CCOc1ccccc1NC(=O)CN1C(=O)[C@@H](C)CSc2ccc(S(=O)(=O)N3CCOCC3)cc21. The summed E-state index contributed by atoms with van der Waals surface area (Å²) in [5, 5.41) is 2.82. The van der Waals surface area contributed by atoms with E-state index in [2.05, 4.69) is 5.32 Å². The first-order valence-electron chi connectivity index (χ1n) is 11.5. The number of anilines is 2. The molecule has 2 heterocycles. The molecule has 188 valence electrons. The molecule has 0 radical (unpaired) electrons. The maximum absolute atomic E-state index is 13.3. The van der Waals surface area contributed by atoms with Crippen LogP contribution in [-0.2, 0) is 24.3 Å². The normalized spacial score (nSPS) is 19.1. The van der Waals surface area contributed by atoms with E-state index in [4.69, 9.17) is 9.47 Å². The summed E-state index contributed by atoms with van der Waals surface area (Å²) in [5.74, 6) is 0.0959. The molecule has 1 N–H and O–H groups in total. The Morgan fingerprint density at radius 3 is 2.69 bits per heavy atom. The molecule has 2 aromatic carbocycles. The van der Waals surface area contributed by atoms with Crippen LogP contribution in [0, 0.1) is 5.92 Å². The van der Waals surface area contributed by atoms with E-state index in [1.54, 1.807) is 30.3 Å². The summed E-state index contributed by atoms with van der Waals surface area (Å²) < 4.78 is 38.7. The first kappa shape index (κ1) is 25.5. The van der Waals surface area contributed by atoms with Crippen LogP contribution in [0.25, 0.3) is 0 Å². The summed E-state index contributed by atoms with van der Waals surface area (Å²) >= 11 is 1.48. The van der Waals surface area contributed by atoms with Crippen molar-refractivity contribution < 1.29 is 27.5 Å². The molecule has 4 rings (SSSR count). The number of hydrogen-bond acceptors (Lipinski definition) is 7. The Kier molecular flexibility index (Phi) is 8.00. The van der Waals surface area contributed by atoms with Crippen molar-refractivity contribution in [3.63, 3.8) is 0 Å². The van der Waals surface area contributed by atoms with E-state index in [-0.39, 0.29) is 36.4 Å². The highest BCUT2D eigenvalue weighted by molar-refractivity contribution is 7.99. The molecule has 2 aliphatic heterocycles. The number of amides is 2. The van der Waals surface area contributed by atoms with Crippen molar-refractivity contribution in [1.82, 2.24) is 4.31 Å². The quantitative estimate of drug-likeness (QED) is 0.600. The summed E-state index contributed by atoms with van der Waals surface area (Å²) in [6.07, 6.45) is 0. The molecule has 1 fully saturated rings. The van der Waals surface area contributed by atoms with Gasteiger partial charge in [-0.2, -0.15) is 4.31 Å². The van der Waals surface area contributed by atoms with Gasteiger partial charge in [-0.25, -0.2) is 8.42 Å². The molecule has 0 bridgehead atoms. The third-order valence-electron chi connectivity index (χ3n) is 5.77. The van der Waals surface area contributed by atoms with Gasteiger partial charge < -0.3 is 19.7 Å². The van der Waals surface area contributed by atoms with Gasteiger partial charge in [0, 0.05) is 29.7 Å². The largest absolute Gasteiger partial charge is 0.492 e. The topological polar surface area (TPSA) is 105 Å². The predicted octanol–water partition coefficient (Wildman–Crippen LogP) is 2.82. The molecule has 2 aromatic rings. The van der Waals surface area contributed by atoms with Crippen LogP contribution < -0.4 is 15.0 Å². The van der Waals surface area contributed by atoms with Crippen LogP contribution in [0.15, 0.2) is 52.3 Å². The van der Waals surface area contributed by atoms with Gasteiger partial charge in [0.05, 0.1) is 36.1 Å². The van der Waals surface area contributed by atoms with E-state index in [0.29, 0.717) is 42.7 Å². The zero-order valence-corrected chi connectivity index (χ0v) is 21.4. The lowest BCUT2D eigenvalue weighted by atomic mass is 10.1. The summed E-state index contributed by atoms with van der Waals surface area (Å²) in [5.41, 5.74) is 0.930. The minimum Gasteiger partial charge on any atom is -0.492 e. The van der Waals surface area contributed by atoms with Gasteiger partial charge in [-0.05, 0) is 37.3 Å². The average Bonchev–Trinajstić information content (AvgIpc) is 2.97. The van der Waals surface area contributed by atoms with Crippen molar-refractivity contribution in [3.05, 3.63) is 42.5 Å². The average molecular weight is 520 g/mol. The zero-order chi connectivity index (χ0) is 25.0. The number of thioether (sulfide) groups is 1. The molecule has 0 unspecified atom stereocenters. The van der Waals surface area contributed by atoms with Crippen LogP contribution in [0.3, 0.4) is 0 Å². The van der Waals surface area contributed by atoms with Crippen molar-refractivity contribution in [2.24, 2.45) is 5.92 Å². The fourth-order valence-electron chi connectivity index (χ4n) is 3.95. The molecule has 0 aromatic heterocycles. The molecule has 0 spiro atoms. The van der Waals surface area contributed by atoms with Crippen molar-refractivity contribution in [2.45, 2.75) is 23.6 Å². The fourth-order valence-corrected chi connectivity index (χ4v) is 6.43. The van der Waals surface area contributed by atoms with Gasteiger partial charge in [-0.1, -0.05) is 19.1 Å². The Labute approximate surface area is 209 Å². The van der Waals surface area contributed by atoms with Crippen LogP contribution in [0.4, 0.5) is 11.4 Å². The molecule has 1 atom stereocenters. The third-order valence-corrected chi connectivity index (χ3v) is 8.99. The van der Waals surface area contributed by atoms with E-state index in [1.165, 1.54) is 27.0 Å². The number of hydrogen-bond donors (Lipinski definition) is 1. The van der Waals surface area contributed by atoms with Gasteiger partial charge in [0.1, 0.15) is 12.3 Å². The molecule has 35 heavy (non-hydrogen) atoms. The number of carbonyl (C=O) groups is 2. The molecular formula is C24H29N3O6S2. The van der Waals surface area contributed by atoms with E-state index < -0.39 is 15.9 Å². The Morgan fingerprint density at radius 2 is 1.94 bits per heavy atom. The second-order valence-electron chi connectivity index (χ2n) is 8.26. The van der Waals surface area contributed by atoms with E-state index in [0.717, 1.165) is 4.90 Å². The number of nitrogens with zero attached hydrogens (tertiary/aromatic N) is 2. The first-order chi connectivity index (χ1) is 16.8. The monoisotopic (exact) mass is 519 g/mol. The standard InChI is InChI=1S/C24H29N3O6S2/c1-3-33-21-7-5-4-6-19(21)25-23(28)15-27-20-14-18(35(30,31)26-10-12-32-13-11-26)8-9-22(20)34-16-17(2)24(27)29/h4-9,14,17H,3,10-13,15-16H2,1-2H3,(H,25,28)/t17-/m0/s1. The maximum atomic E-state index is 13.3. The fraction of sp³-hybridized carbons (Fsp3) is 0.417. The Balaban J connectivity index is 1.64. The summed E-state index contributed by atoms with van der Waals surface area (Å²) in [6, 6.07) is 11.9. The van der Waals surface area contributed by atoms with Crippen molar-refractivity contribution in [2.75, 3.05) is 55.4 Å². The number of morpholine rings is 1. The number of fused-ring (bicyclic) bond motifs is 1. The van der Waals surface area contributed by atoms with E-state index >= 15 is 0 Å². The van der Waals surface area contributed by atoms with Gasteiger partial charge in [0.25, 0.3) is 0 Å². The van der Waals surface area contributed by atoms with Crippen LogP contribution in [0.2, 0.25) is 0 Å². The van der Waals surface area contributed by atoms with Crippen LogP contribution in [0.5, 0.6) is 5.75 Å². The van der Waals surface area contributed by atoms with Crippen molar-refractivity contribution >= 4 is 45.0 Å². The summed E-state index contributed by atoms with van der Waals surface area (Å²) in [6.45, 7) is 5.08. The number of para-hydroxylation sites is 2. The molecule has 9 nitrogen and oxygen atoms in total. The van der Waals surface area contributed by atoms with Crippen molar-refractivity contribution in [1.29, 1.82) is 0 Å². The number of nitrogens with one attached hydrogen (secondary N) is 1. The zero-order valence-electron chi connectivity index (χ0n) is 19.7. The highest BCUT2D eigenvalue weighted by Crippen LogP contribution is 2.38. The second-order valence-corrected chi connectivity index (χ2v) is 11.3. The molecule has 0 saturated carbocycles. The highest BCUT2D eigenvalue weighted by atomic mass is 32.2. The second kappa shape index (κ2) is 11.0. The lowest BCUT2D eigenvalue weighted by molar-refractivity contribution is -0.123. The van der Waals surface area contributed by atoms with E-state index in [9.17, 15) is 18.0 Å². The molecule has 2 amide bonds. The smallest absolute Gasteiger partial charge is 0.244 e. The van der Waals surface area contributed by atoms with Gasteiger partial charge in [-0.15, -0.1) is 11.8 Å². The molecule has 2 aliphatic rings. The van der Waals surface area contributed by atoms with Gasteiger partial charge >= 0.3 is 0 Å². The van der Waals surface area contributed by atoms with Gasteiger partial charge in [0.15, 0.2) is 0 Å². The Bertz CT molecular complexity index is 1200. The number of carbonyl (C=O) groups excluding carboxylic acids is 2. The number of sulfonamides is 1. The highest BCUT2D eigenvalue weighted by Gasteiger charge is 2.33. The van der Waals surface area contributed by atoms with Crippen LogP contribution >= 0.6 is 11.8 Å². The van der Waals surface area contributed by atoms with Gasteiger partial charge in [-0.3, -0.25) is 9.59 Å². The number of ether oxygens (including phenoxy) is 2. The summed E-state index contributed by atoms with van der Waals surface area (Å²) in [4.78, 5) is 28.5. The summed E-state index contributed by atoms with van der Waals surface area (Å²) in [7, 11) is -3.76. The lowest BCUT2D eigenvalue weighted by Gasteiger charge is -2.27. The minimum atomic E-state index is -3.76. The Morgan fingerprint density at radius 1 is 1.20 bits per heavy atom. The minimum absolute atomic E-state index is 0.0909. The number of rotatable bonds is 7. The Hall–Kier alpha value is -2.60. The van der Waals surface area contributed by atoms with Gasteiger partial charge in [0.2, 0.25) is 21.8 Å². The predicted molar refractivity (Wildman–Crippen MR) is 135 cm³/mol. The first-order valence-corrected chi connectivity index (χ1v) is 13.9. The third kappa shape index (κ3) is 5.64. The van der Waals surface area contributed by atoms with Crippen LogP contribution in [-0.4, -0.2) is 69.7 Å². The lowest BCUT2D eigenvalue weighted by Crippen LogP contribution is -2.42. The van der Waals surface area contributed by atoms with Crippen molar-refractivity contribution in [3.8, 4) is 5.75 Å².